The average Bonchev–Trinajstić information content (AvgIpc) is 3.43. The minimum atomic E-state index is -5.61. The van der Waals surface area contributed by atoms with Gasteiger partial charge in [-0.3, -0.25) is 0 Å². The van der Waals surface area contributed by atoms with E-state index in [0.717, 1.165) is 28.2 Å². The molecule has 9 heteroatoms. The van der Waals surface area contributed by atoms with Crippen LogP contribution in [0.2, 0.25) is 0 Å². The molecule has 0 saturated heterocycles. The van der Waals surface area contributed by atoms with E-state index < -0.39 is 28.9 Å². The van der Waals surface area contributed by atoms with Crippen molar-refractivity contribution in [1.29, 1.82) is 0 Å². The highest BCUT2D eigenvalue weighted by atomic mass is 32.1. The van der Waals surface area contributed by atoms with Gasteiger partial charge in [0.2, 0.25) is 0 Å². The number of alkyl halides is 6. The van der Waals surface area contributed by atoms with Crippen LogP contribution in [-0.4, -0.2) is 24.9 Å². The van der Waals surface area contributed by atoms with Gasteiger partial charge in [0, 0.05) is 36.2 Å². The molecule has 0 N–H and O–H groups in total. The Morgan fingerprint density at radius 2 is 1.23 bits per heavy atom. The third-order valence-corrected chi connectivity index (χ3v) is 9.47. The molecule has 4 aromatic rings. The van der Waals surface area contributed by atoms with Crippen molar-refractivity contribution in [2.75, 3.05) is 7.11 Å². The second-order valence-corrected chi connectivity index (χ2v) is 12.1. The summed E-state index contributed by atoms with van der Waals surface area (Å²) in [7, 11) is 1.50. The number of thiophene rings is 2. The summed E-state index contributed by atoms with van der Waals surface area (Å²) in [5.74, 6) is -15.2. The average molecular weight is 579 g/mol. The van der Waals surface area contributed by atoms with Gasteiger partial charge in [-0.25, -0.2) is 0 Å². The third-order valence-electron chi connectivity index (χ3n) is 7.11. The molecule has 2 aromatic carbocycles. The lowest BCUT2D eigenvalue weighted by molar-refractivity contribution is -0.254. The second kappa shape index (κ2) is 9.27. The first-order valence-electron chi connectivity index (χ1n) is 12.0. The third kappa shape index (κ3) is 4.04. The first-order valence-corrected chi connectivity index (χ1v) is 13.7. The first-order chi connectivity index (χ1) is 18.2. The quantitative estimate of drug-likeness (QED) is 0.214. The van der Waals surface area contributed by atoms with Crippen molar-refractivity contribution in [3.63, 3.8) is 0 Å². The van der Waals surface area contributed by atoms with Crippen LogP contribution in [0.15, 0.2) is 54.6 Å². The molecule has 1 aliphatic carbocycles. The van der Waals surface area contributed by atoms with Gasteiger partial charge in [-0.1, -0.05) is 29.8 Å². The SMILES string of the molecule is COc1ccc(-c2sc(C)c(C3=C(c4cc(-c5ccc(C)cc5)sc4C)C(F)(F)C(F)(F)C3(F)F)c2C)cc1. The minimum Gasteiger partial charge on any atom is -0.497 e. The normalized spacial score (nSPS) is 17.6. The molecule has 0 spiro atoms. The van der Waals surface area contributed by atoms with Crippen LogP contribution in [0.4, 0.5) is 26.3 Å². The van der Waals surface area contributed by atoms with Crippen LogP contribution in [0.1, 0.15) is 32.0 Å². The second-order valence-electron chi connectivity index (χ2n) is 9.64. The Balaban J connectivity index is 1.78. The Morgan fingerprint density at radius 1 is 0.667 bits per heavy atom. The van der Waals surface area contributed by atoms with E-state index in [1.807, 2.05) is 19.1 Å². The number of halogens is 6. The van der Waals surface area contributed by atoms with E-state index in [2.05, 4.69) is 0 Å². The van der Waals surface area contributed by atoms with Crippen LogP contribution < -0.4 is 4.74 Å². The summed E-state index contributed by atoms with van der Waals surface area (Å²) >= 11 is 2.21. The van der Waals surface area contributed by atoms with Gasteiger partial charge in [-0.2, -0.15) is 26.3 Å². The van der Waals surface area contributed by atoms with Gasteiger partial charge >= 0.3 is 17.8 Å². The smallest absolute Gasteiger partial charge is 0.380 e. The first kappa shape index (κ1) is 27.5. The van der Waals surface area contributed by atoms with Crippen LogP contribution in [0, 0.1) is 27.7 Å². The zero-order chi connectivity index (χ0) is 28.5. The summed E-state index contributed by atoms with van der Waals surface area (Å²) in [5, 5.41) is 0. The highest BCUT2D eigenvalue weighted by Gasteiger charge is 2.80. The summed E-state index contributed by atoms with van der Waals surface area (Å²) in [6.45, 7) is 6.38. The molecule has 2 heterocycles. The molecule has 5 rings (SSSR count). The molecule has 0 saturated carbocycles. The van der Waals surface area contributed by atoms with Gasteiger partial charge in [0.05, 0.1) is 7.11 Å². The van der Waals surface area contributed by atoms with Crippen molar-refractivity contribution in [2.45, 2.75) is 45.5 Å². The minimum absolute atomic E-state index is 0.245. The molecule has 0 atom stereocenters. The fourth-order valence-corrected chi connectivity index (χ4v) is 7.24. The highest BCUT2D eigenvalue weighted by molar-refractivity contribution is 7.16. The predicted molar refractivity (Wildman–Crippen MR) is 147 cm³/mol. The Hall–Kier alpha value is -3.04. The number of hydrogen-bond donors (Lipinski definition) is 0. The van der Waals surface area contributed by atoms with Crippen molar-refractivity contribution < 1.29 is 31.1 Å². The van der Waals surface area contributed by atoms with Gasteiger partial charge in [0.25, 0.3) is 0 Å². The van der Waals surface area contributed by atoms with E-state index in [1.165, 1.54) is 33.9 Å². The van der Waals surface area contributed by atoms with Crippen LogP contribution >= 0.6 is 22.7 Å². The van der Waals surface area contributed by atoms with Crippen molar-refractivity contribution in [1.82, 2.24) is 0 Å². The van der Waals surface area contributed by atoms with Crippen LogP contribution in [0.3, 0.4) is 0 Å². The summed E-state index contributed by atoms with van der Waals surface area (Å²) in [6, 6.07) is 15.3. The molecule has 0 radical (unpaired) electrons. The Kier molecular flexibility index (Phi) is 6.54. The topological polar surface area (TPSA) is 9.23 Å². The van der Waals surface area contributed by atoms with Crippen LogP contribution in [0.25, 0.3) is 32.0 Å². The lowest BCUT2D eigenvalue weighted by Gasteiger charge is -2.26. The summed E-state index contributed by atoms with van der Waals surface area (Å²) in [6.07, 6.45) is 0. The van der Waals surface area contributed by atoms with E-state index >= 15 is 26.3 Å². The molecule has 2 aromatic heterocycles. The molecular formula is C30H24F6OS2. The zero-order valence-corrected chi connectivity index (χ0v) is 23.3. The van der Waals surface area contributed by atoms with Gasteiger partial charge in [-0.15, -0.1) is 22.7 Å². The molecule has 1 aliphatic rings. The van der Waals surface area contributed by atoms with E-state index in [9.17, 15) is 0 Å². The molecule has 0 bridgehead atoms. The fraction of sp³-hybridized carbons (Fsp3) is 0.267. The number of rotatable bonds is 5. The fourth-order valence-electron chi connectivity index (χ4n) is 5.04. The largest absolute Gasteiger partial charge is 0.497 e. The number of allylic oxidation sites excluding steroid dienone is 2. The number of aryl methyl sites for hydroxylation is 3. The van der Waals surface area contributed by atoms with Gasteiger partial charge in [0.15, 0.2) is 0 Å². The maximum Gasteiger partial charge on any atom is 0.380 e. The monoisotopic (exact) mass is 578 g/mol. The molecule has 1 nitrogen and oxygen atoms in total. The van der Waals surface area contributed by atoms with E-state index in [-0.39, 0.29) is 26.4 Å². The molecular weight excluding hydrogens is 554 g/mol. The predicted octanol–water partition coefficient (Wildman–Crippen LogP) is 10.2. The molecule has 0 aliphatic heterocycles. The van der Waals surface area contributed by atoms with Crippen molar-refractivity contribution in [2.24, 2.45) is 0 Å². The van der Waals surface area contributed by atoms with Crippen molar-refractivity contribution >= 4 is 33.8 Å². The zero-order valence-electron chi connectivity index (χ0n) is 21.7. The lowest BCUT2D eigenvalue weighted by atomic mass is 9.91. The Bertz CT molecular complexity index is 1590. The van der Waals surface area contributed by atoms with Gasteiger partial charge in [0.1, 0.15) is 5.75 Å². The Labute approximate surface area is 230 Å². The number of methoxy groups -OCH3 is 1. The molecule has 39 heavy (non-hydrogen) atoms. The van der Waals surface area contributed by atoms with E-state index in [4.69, 9.17) is 4.74 Å². The molecule has 0 fully saturated rings. The van der Waals surface area contributed by atoms with Crippen LogP contribution in [0.5, 0.6) is 5.75 Å². The number of benzene rings is 2. The maximum absolute atomic E-state index is 15.6. The van der Waals surface area contributed by atoms with Crippen molar-refractivity contribution in [3.05, 3.63) is 86.6 Å². The lowest BCUT2D eigenvalue weighted by Crippen LogP contribution is -2.49. The summed E-state index contributed by atoms with van der Waals surface area (Å²) in [5.41, 5.74) is -0.608. The van der Waals surface area contributed by atoms with Crippen LogP contribution in [-0.2, 0) is 0 Å². The van der Waals surface area contributed by atoms with E-state index in [1.54, 1.807) is 36.4 Å². The maximum atomic E-state index is 15.6. The Morgan fingerprint density at radius 3 is 1.82 bits per heavy atom. The van der Waals surface area contributed by atoms with Crippen molar-refractivity contribution in [3.8, 4) is 26.6 Å². The molecule has 0 amide bonds. The standard InChI is InChI=1S/C30H24F6OS2/c1-15-6-8-19(9-7-15)23-14-22(17(3)38-23)25-26(29(33,34)30(35,36)28(25,31)32)24-16(2)27(39-18(24)4)20-10-12-21(37-5)13-11-20/h6-14H,1-5H3. The molecule has 0 unspecified atom stereocenters. The summed E-state index contributed by atoms with van der Waals surface area (Å²) in [4.78, 5) is 1.58. The van der Waals surface area contributed by atoms with E-state index in [0.29, 0.717) is 26.6 Å². The molecule has 204 valence electrons. The number of ether oxygens (including phenoxy) is 1. The highest BCUT2D eigenvalue weighted by Crippen LogP contribution is 2.66. The number of hydrogen-bond acceptors (Lipinski definition) is 3. The van der Waals surface area contributed by atoms with Gasteiger partial charge in [-0.05, 0) is 80.3 Å². The van der Waals surface area contributed by atoms with Gasteiger partial charge < -0.3 is 4.74 Å². The summed E-state index contributed by atoms with van der Waals surface area (Å²) < 4.78 is 97.4.